The third-order valence-electron chi connectivity index (χ3n) is 10.7. The van der Waals surface area contributed by atoms with E-state index < -0.39 is 0 Å². The van der Waals surface area contributed by atoms with Gasteiger partial charge in [-0.1, -0.05) is 157 Å². The van der Waals surface area contributed by atoms with Crippen LogP contribution >= 0.6 is 11.3 Å². The van der Waals surface area contributed by atoms with Gasteiger partial charge in [0, 0.05) is 56.6 Å². The molecule has 1 heterocycles. The summed E-state index contributed by atoms with van der Waals surface area (Å²) in [4.78, 5) is 12.4. The molecule has 1 aromatic heterocycles. The van der Waals surface area contributed by atoms with Gasteiger partial charge in [-0.05, 0) is 108 Å². The van der Waals surface area contributed by atoms with Gasteiger partial charge in [-0.15, -0.1) is 0 Å². The third kappa shape index (κ3) is 7.30. The van der Waals surface area contributed by atoms with Crippen LogP contribution in [0.1, 0.15) is 0 Å². The number of anilines is 9. The zero-order chi connectivity index (χ0) is 40.1. The van der Waals surface area contributed by atoms with E-state index in [2.05, 4.69) is 257 Å². The Morgan fingerprint density at radius 3 is 0.900 bits per heavy atom. The van der Waals surface area contributed by atoms with Gasteiger partial charge in [-0.25, -0.2) is 4.98 Å². The zero-order valence-electron chi connectivity index (χ0n) is 32.8. The van der Waals surface area contributed by atoms with Crippen LogP contribution in [0.5, 0.6) is 0 Å². The van der Waals surface area contributed by atoms with E-state index in [9.17, 15) is 0 Å². The maximum absolute atomic E-state index is 5.53. The van der Waals surface area contributed by atoms with E-state index in [0.717, 1.165) is 83.1 Å². The lowest BCUT2D eigenvalue weighted by molar-refractivity contribution is 1.25. The summed E-state index contributed by atoms with van der Waals surface area (Å²) in [5.41, 5.74) is 14.2. The van der Waals surface area contributed by atoms with Crippen LogP contribution in [0.3, 0.4) is 0 Å². The summed E-state index contributed by atoms with van der Waals surface area (Å²) < 4.78 is 1.13. The van der Waals surface area contributed by atoms with Crippen LogP contribution in [0.15, 0.2) is 243 Å². The first kappa shape index (κ1) is 36.6. The SMILES string of the molecule is c1ccc(N(c2ccccc2)c2ccc(-c3ccc(-c4ccc(N(c5ccccc5)c5ccccc5)cc4)c4sc(N(c5ccccc5)c5ccccc5)nc34)cc2)cc1. The molecule has 9 aromatic carbocycles. The molecule has 4 nitrogen and oxygen atoms in total. The van der Waals surface area contributed by atoms with Crippen LogP contribution in [0.2, 0.25) is 0 Å². The van der Waals surface area contributed by atoms with Crippen LogP contribution in [0.4, 0.5) is 50.6 Å². The predicted molar refractivity (Wildman–Crippen MR) is 255 cm³/mol. The molecule has 0 bridgehead atoms. The molecule has 0 spiro atoms. The molecule has 0 unspecified atom stereocenters. The maximum Gasteiger partial charge on any atom is 0.195 e. The Kier molecular flexibility index (Phi) is 10.1. The Bertz CT molecular complexity index is 2660. The standard InChI is InChI=1S/C55H40N4S/c1-7-19-43(20-8-1)57(44-21-9-2-10-22-44)49-35-31-41(32-36-49)51-39-40-52(42-33-37-50(38-34-42)58(45-23-11-3-12-24-45)46-25-13-4-14-26-46)54-53(51)56-55(60-54)59(47-27-15-5-16-28-47)48-29-17-6-18-30-48/h1-40H. The smallest absolute Gasteiger partial charge is 0.195 e. The third-order valence-corrected chi connectivity index (χ3v) is 11.8. The Balaban J connectivity index is 1.10. The molecule has 5 heteroatoms. The Morgan fingerprint density at radius 2 is 0.550 bits per heavy atom. The van der Waals surface area contributed by atoms with E-state index in [-0.39, 0.29) is 0 Å². The van der Waals surface area contributed by atoms with Crippen molar-refractivity contribution < 1.29 is 0 Å². The first-order valence-electron chi connectivity index (χ1n) is 20.1. The van der Waals surface area contributed by atoms with Crippen molar-refractivity contribution in [1.29, 1.82) is 0 Å². The molecular weight excluding hydrogens is 749 g/mol. The average Bonchev–Trinajstić information content (AvgIpc) is 3.77. The van der Waals surface area contributed by atoms with E-state index in [4.69, 9.17) is 4.98 Å². The van der Waals surface area contributed by atoms with Gasteiger partial charge in [0.2, 0.25) is 0 Å². The highest BCUT2D eigenvalue weighted by molar-refractivity contribution is 7.23. The summed E-state index contributed by atoms with van der Waals surface area (Å²) in [5, 5.41) is 0.906. The van der Waals surface area contributed by atoms with E-state index in [1.807, 2.05) is 0 Å². The average molecular weight is 789 g/mol. The number of rotatable bonds is 11. The van der Waals surface area contributed by atoms with Gasteiger partial charge in [0.25, 0.3) is 0 Å². The van der Waals surface area contributed by atoms with Crippen molar-refractivity contribution in [2.45, 2.75) is 0 Å². The van der Waals surface area contributed by atoms with Gasteiger partial charge in [-0.2, -0.15) is 0 Å². The summed E-state index contributed by atoms with van der Waals surface area (Å²) in [7, 11) is 0. The van der Waals surface area contributed by atoms with Crippen molar-refractivity contribution in [2.24, 2.45) is 0 Å². The van der Waals surface area contributed by atoms with Gasteiger partial charge in [0.15, 0.2) is 5.13 Å². The van der Waals surface area contributed by atoms with Crippen LogP contribution in [-0.2, 0) is 0 Å². The second-order valence-corrected chi connectivity index (χ2v) is 15.4. The highest BCUT2D eigenvalue weighted by atomic mass is 32.1. The minimum Gasteiger partial charge on any atom is -0.311 e. The van der Waals surface area contributed by atoms with E-state index in [1.165, 1.54) is 0 Å². The number of fused-ring (bicyclic) bond motifs is 1. The quantitative estimate of drug-likeness (QED) is 0.130. The first-order chi connectivity index (χ1) is 29.8. The number of benzene rings is 9. The van der Waals surface area contributed by atoms with Crippen LogP contribution in [-0.4, -0.2) is 4.98 Å². The molecule has 10 rings (SSSR count). The Hall–Kier alpha value is -7.73. The molecule has 0 atom stereocenters. The van der Waals surface area contributed by atoms with Crippen molar-refractivity contribution in [2.75, 3.05) is 14.7 Å². The summed E-state index contributed by atoms with van der Waals surface area (Å²) in [5.74, 6) is 0. The predicted octanol–water partition coefficient (Wildman–Crippen LogP) is 16.0. The summed E-state index contributed by atoms with van der Waals surface area (Å²) in [6.45, 7) is 0. The zero-order valence-corrected chi connectivity index (χ0v) is 33.6. The van der Waals surface area contributed by atoms with Crippen LogP contribution in [0.25, 0.3) is 32.5 Å². The Morgan fingerprint density at radius 1 is 0.267 bits per heavy atom. The highest BCUT2D eigenvalue weighted by Gasteiger charge is 2.22. The molecule has 0 radical (unpaired) electrons. The molecule has 0 aliphatic heterocycles. The first-order valence-corrected chi connectivity index (χ1v) is 21.0. The van der Waals surface area contributed by atoms with Crippen LogP contribution in [0, 0.1) is 0 Å². The number of hydrogen-bond acceptors (Lipinski definition) is 5. The van der Waals surface area contributed by atoms with Gasteiger partial charge in [0.1, 0.15) is 0 Å². The summed E-state index contributed by atoms with van der Waals surface area (Å²) in [6.07, 6.45) is 0. The maximum atomic E-state index is 5.53. The number of para-hydroxylation sites is 6. The molecule has 0 aliphatic carbocycles. The van der Waals surface area contributed by atoms with Gasteiger partial charge >= 0.3 is 0 Å². The molecule has 0 aliphatic rings. The lowest BCUT2D eigenvalue weighted by Crippen LogP contribution is -2.09. The van der Waals surface area contributed by atoms with Gasteiger partial charge in [-0.3, -0.25) is 4.90 Å². The minimum absolute atomic E-state index is 0.906. The number of nitrogens with zero attached hydrogens (tertiary/aromatic N) is 4. The fourth-order valence-electron chi connectivity index (χ4n) is 7.86. The summed E-state index contributed by atoms with van der Waals surface area (Å²) in [6, 6.07) is 85.5. The molecule has 60 heavy (non-hydrogen) atoms. The van der Waals surface area contributed by atoms with Gasteiger partial charge in [0.05, 0.1) is 10.2 Å². The molecule has 10 aromatic rings. The second-order valence-electron chi connectivity index (χ2n) is 14.4. The topological polar surface area (TPSA) is 22.6 Å². The van der Waals surface area contributed by atoms with Crippen molar-refractivity contribution >= 4 is 72.2 Å². The van der Waals surface area contributed by atoms with Crippen molar-refractivity contribution in [3.8, 4) is 22.3 Å². The van der Waals surface area contributed by atoms with Crippen LogP contribution < -0.4 is 14.7 Å². The normalized spacial score (nSPS) is 11.0. The molecule has 0 saturated carbocycles. The Labute approximate surface area is 355 Å². The number of aromatic nitrogens is 1. The van der Waals surface area contributed by atoms with E-state index in [1.54, 1.807) is 11.3 Å². The van der Waals surface area contributed by atoms with Crippen molar-refractivity contribution in [3.63, 3.8) is 0 Å². The number of thiazole rings is 1. The minimum atomic E-state index is 0.906. The van der Waals surface area contributed by atoms with Crippen molar-refractivity contribution in [3.05, 3.63) is 243 Å². The van der Waals surface area contributed by atoms with E-state index in [0.29, 0.717) is 0 Å². The van der Waals surface area contributed by atoms with E-state index >= 15 is 0 Å². The molecule has 0 saturated heterocycles. The van der Waals surface area contributed by atoms with Gasteiger partial charge < -0.3 is 9.80 Å². The largest absolute Gasteiger partial charge is 0.311 e. The fourth-order valence-corrected chi connectivity index (χ4v) is 9.03. The molecular formula is C55H40N4S. The van der Waals surface area contributed by atoms with Crippen molar-refractivity contribution in [1.82, 2.24) is 4.98 Å². The number of hydrogen-bond donors (Lipinski definition) is 0. The molecule has 286 valence electrons. The monoisotopic (exact) mass is 788 g/mol. The summed E-state index contributed by atoms with van der Waals surface area (Å²) >= 11 is 1.73. The lowest BCUT2D eigenvalue weighted by atomic mass is 9.98. The molecule has 0 N–H and O–H groups in total. The fraction of sp³-hybridized carbons (Fsp3) is 0. The second kappa shape index (κ2) is 16.6. The lowest BCUT2D eigenvalue weighted by Gasteiger charge is -2.25. The molecule has 0 fully saturated rings. The highest BCUT2D eigenvalue weighted by Crippen LogP contribution is 2.46. The molecule has 0 amide bonds.